The van der Waals surface area contributed by atoms with Crippen LogP contribution in [-0.2, 0) is 4.79 Å². The summed E-state index contributed by atoms with van der Waals surface area (Å²) in [6, 6.07) is 0.341. The fraction of sp³-hybridized carbons (Fsp3) is 0.846. The standard InChI is InChI=1S/C13H25N3O3/c1-13(2,3)16(9-11(17)18)12(19)14-7-8-15(4)10-5-6-10/h10H,5-9H2,1-4H3,(H,14,19)(H,17,18). The third kappa shape index (κ3) is 5.46. The van der Waals surface area contributed by atoms with Gasteiger partial charge < -0.3 is 20.2 Å². The summed E-state index contributed by atoms with van der Waals surface area (Å²) >= 11 is 0. The normalized spacial score (nSPS) is 15.4. The second kappa shape index (κ2) is 6.23. The van der Waals surface area contributed by atoms with E-state index in [1.54, 1.807) is 0 Å². The molecule has 0 saturated heterocycles. The Morgan fingerprint density at radius 1 is 1.32 bits per heavy atom. The molecule has 19 heavy (non-hydrogen) atoms. The highest BCUT2D eigenvalue weighted by atomic mass is 16.4. The molecule has 1 saturated carbocycles. The summed E-state index contributed by atoms with van der Waals surface area (Å²) in [7, 11) is 2.04. The topological polar surface area (TPSA) is 72.9 Å². The molecular formula is C13H25N3O3. The molecule has 0 spiro atoms. The van der Waals surface area contributed by atoms with E-state index in [0.29, 0.717) is 12.6 Å². The van der Waals surface area contributed by atoms with Gasteiger partial charge in [-0.15, -0.1) is 0 Å². The summed E-state index contributed by atoms with van der Waals surface area (Å²) in [6.45, 7) is 6.52. The summed E-state index contributed by atoms with van der Waals surface area (Å²) in [6.07, 6.45) is 2.47. The first-order valence-corrected chi connectivity index (χ1v) is 6.69. The van der Waals surface area contributed by atoms with Crippen molar-refractivity contribution in [3.05, 3.63) is 0 Å². The molecule has 0 radical (unpaired) electrons. The van der Waals surface area contributed by atoms with E-state index in [0.717, 1.165) is 6.54 Å². The maximum absolute atomic E-state index is 12.0. The molecule has 0 aliphatic heterocycles. The first kappa shape index (κ1) is 15.8. The minimum absolute atomic E-state index is 0.284. The Morgan fingerprint density at radius 3 is 2.32 bits per heavy atom. The average Bonchev–Trinajstić information content (AvgIpc) is 3.07. The van der Waals surface area contributed by atoms with Gasteiger partial charge in [0.2, 0.25) is 0 Å². The number of urea groups is 1. The van der Waals surface area contributed by atoms with E-state index in [2.05, 4.69) is 10.2 Å². The number of carbonyl (C=O) groups is 2. The maximum Gasteiger partial charge on any atom is 0.323 e. The van der Waals surface area contributed by atoms with Crippen molar-refractivity contribution in [1.82, 2.24) is 15.1 Å². The Morgan fingerprint density at radius 2 is 1.89 bits per heavy atom. The van der Waals surface area contributed by atoms with Crippen LogP contribution < -0.4 is 5.32 Å². The van der Waals surface area contributed by atoms with Crippen LogP contribution in [0.15, 0.2) is 0 Å². The summed E-state index contributed by atoms with van der Waals surface area (Å²) in [4.78, 5) is 26.4. The molecule has 1 aliphatic rings. The number of hydrogen-bond donors (Lipinski definition) is 2. The highest BCUT2D eigenvalue weighted by Crippen LogP contribution is 2.24. The van der Waals surface area contributed by atoms with Crippen LogP contribution in [0, 0.1) is 0 Å². The number of rotatable bonds is 6. The van der Waals surface area contributed by atoms with Gasteiger partial charge in [0.1, 0.15) is 6.54 Å². The average molecular weight is 271 g/mol. The van der Waals surface area contributed by atoms with Crippen LogP contribution in [0.3, 0.4) is 0 Å². The minimum Gasteiger partial charge on any atom is -0.480 e. The molecule has 0 atom stereocenters. The van der Waals surface area contributed by atoms with Gasteiger partial charge >= 0.3 is 12.0 Å². The largest absolute Gasteiger partial charge is 0.480 e. The molecule has 0 bridgehead atoms. The van der Waals surface area contributed by atoms with Crippen molar-refractivity contribution in [1.29, 1.82) is 0 Å². The Labute approximate surface area is 114 Å². The van der Waals surface area contributed by atoms with Crippen molar-refractivity contribution in [2.45, 2.75) is 45.2 Å². The highest BCUT2D eigenvalue weighted by molar-refractivity contribution is 5.80. The molecule has 6 heteroatoms. The molecular weight excluding hydrogens is 246 g/mol. The van der Waals surface area contributed by atoms with Gasteiger partial charge in [0.25, 0.3) is 0 Å². The zero-order valence-corrected chi connectivity index (χ0v) is 12.3. The molecule has 0 aromatic carbocycles. The minimum atomic E-state index is -1.000. The van der Waals surface area contributed by atoms with E-state index in [4.69, 9.17) is 5.11 Å². The zero-order chi connectivity index (χ0) is 14.6. The number of likely N-dealkylation sites (N-methyl/N-ethyl adjacent to an activating group) is 1. The number of nitrogens with zero attached hydrogens (tertiary/aromatic N) is 2. The molecule has 110 valence electrons. The first-order valence-electron chi connectivity index (χ1n) is 6.69. The van der Waals surface area contributed by atoms with Gasteiger partial charge in [-0.25, -0.2) is 4.79 Å². The van der Waals surface area contributed by atoms with Gasteiger partial charge in [0, 0.05) is 24.7 Å². The number of carboxylic acid groups (broad SMARTS) is 1. The summed E-state index contributed by atoms with van der Waals surface area (Å²) in [5, 5.41) is 11.7. The van der Waals surface area contributed by atoms with Crippen molar-refractivity contribution in [2.75, 3.05) is 26.7 Å². The predicted molar refractivity (Wildman–Crippen MR) is 73.1 cm³/mol. The molecule has 2 amide bonds. The Bertz CT molecular complexity index is 335. The fourth-order valence-electron chi connectivity index (χ4n) is 1.88. The second-order valence-corrected chi connectivity index (χ2v) is 6.09. The van der Waals surface area contributed by atoms with Crippen molar-refractivity contribution in [3.8, 4) is 0 Å². The number of amides is 2. The van der Waals surface area contributed by atoms with Crippen LogP contribution in [-0.4, -0.2) is 65.2 Å². The van der Waals surface area contributed by atoms with Gasteiger partial charge in [-0.3, -0.25) is 4.79 Å². The third-order valence-electron chi connectivity index (χ3n) is 3.26. The molecule has 1 aliphatic carbocycles. The van der Waals surface area contributed by atoms with Gasteiger partial charge in [-0.1, -0.05) is 0 Å². The lowest BCUT2D eigenvalue weighted by Crippen LogP contribution is -2.53. The van der Waals surface area contributed by atoms with Crippen molar-refractivity contribution < 1.29 is 14.7 Å². The van der Waals surface area contributed by atoms with Gasteiger partial charge in [-0.2, -0.15) is 0 Å². The van der Waals surface area contributed by atoms with E-state index in [1.165, 1.54) is 17.7 Å². The summed E-state index contributed by atoms with van der Waals surface area (Å²) in [5.74, 6) is -1.000. The molecule has 0 unspecified atom stereocenters. The SMILES string of the molecule is CN(CCNC(=O)N(CC(=O)O)C(C)(C)C)C1CC1. The van der Waals surface area contributed by atoms with Crippen LogP contribution in [0.4, 0.5) is 4.79 Å². The number of carbonyl (C=O) groups excluding carboxylic acids is 1. The second-order valence-electron chi connectivity index (χ2n) is 6.09. The fourth-order valence-corrected chi connectivity index (χ4v) is 1.88. The molecule has 1 fully saturated rings. The number of carboxylic acids is 1. The van der Waals surface area contributed by atoms with Crippen LogP contribution >= 0.6 is 0 Å². The lowest BCUT2D eigenvalue weighted by Gasteiger charge is -2.34. The van der Waals surface area contributed by atoms with Crippen molar-refractivity contribution in [2.24, 2.45) is 0 Å². The molecule has 6 nitrogen and oxygen atoms in total. The summed E-state index contributed by atoms with van der Waals surface area (Å²) < 4.78 is 0. The monoisotopic (exact) mass is 271 g/mol. The van der Waals surface area contributed by atoms with Crippen LogP contribution in [0.1, 0.15) is 33.6 Å². The van der Waals surface area contributed by atoms with Gasteiger partial charge in [-0.05, 0) is 40.7 Å². The van der Waals surface area contributed by atoms with E-state index in [1.807, 2.05) is 27.8 Å². The molecule has 0 aromatic rings. The quantitative estimate of drug-likeness (QED) is 0.755. The van der Waals surface area contributed by atoms with E-state index >= 15 is 0 Å². The molecule has 2 N–H and O–H groups in total. The Balaban J connectivity index is 2.40. The smallest absolute Gasteiger partial charge is 0.323 e. The Hall–Kier alpha value is -1.30. The van der Waals surface area contributed by atoms with Crippen LogP contribution in [0.25, 0.3) is 0 Å². The maximum atomic E-state index is 12.0. The zero-order valence-electron chi connectivity index (χ0n) is 12.3. The first-order chi connectivity index (χ1) is 8.71. The van der Waals surface area contributed by atoms with Gasteiger partial charge in [0.15, 0.2) is 0 Å². The summed E-state index contributed by atoms with van der Waals surface area (Å²) in [5.41, 5.74) is -0.509. The Kier molecular flexibility index (Phi) is 5.17. The van der Waals surface area contributed by atoms with E-state index < -0.39 is 11.5 Å². The number of hydrogen-bond acceptors (Lipinski definition) is 3. The lowest BCUT2D eigenvalue weighted by atomic mass is 10.1. The third-order valence-corrected chi connectivity index (χ3v) is 3.26. The molecule has 1 rings (SSSR count). The lowest BCUT2D eigenvalue weighted by molar-refractivity contribution is -0.138. The van der Waals surface area contributed by atoms with Crippen molar-refractivity contribution in [3.63, 3.8) is 0 Å². The van der Waals surface area contributed by atoms with Gasteiger partial charge in [0.05, 0.1) is 0 Å². The van der Waals surface area contributed by atoms with Crippen LogP contribution in [0.2, 0.25) is 0 Å². The predicted octanol–water partition coefficient (Wildman–Crippen LogP) is 0.975. The van der Waals surface area contributed by atoms with Crippen molar-refractivity contribution >= 4 is 12.0 Å². The number of aliphatic carboxylic acids is 1. The molecule has 0 heterocycles. The van der Waals surface area contributed by atoms with E-state index in [-0.39, 0.29) is 12.6 Å². The number of nitrogens with one attached hydrogen (secondary N) is 1. The molecule has 0 aromatic heterocycles. The van der Waals surface area contributed by atoms with E-state index in [9.17, 15) is 9.59 Å². The van der Waals surface area contributed by atoms with Crippen LogP contribution in [0.5, 0.6) is 0 Å². The highest BCUT2D eigenvalue weighted by Gasteiger charge is 2.29.